The molecule has 8 heteroatoms. The van der Waals surface area contributed by atoms with Gasteiger partial charge in [0.1, 0.15) is 0 Å². The molecule has 3 atom stereocenters. The lowest BCUT2D eigenvalue weighted by Gasteiger charge is -2.22. The smallest absolute Gasteiger partial charge is 0.208 e. The van der Waals surface area contributed by atoms with Crippen molar-refractivity contribution in [3.63, 3.8) is 0 Å². The molecule has 0 amide bonds. The van der Waals surface area contributed by atoms with Gasteiger partial charge in [0.05, 0.1) is 9.79 Å². The molecule has 0 heterocycles. The Morgan fingerprint density at radius 3 is 2.07 bits per heavy atom. The van der Waals surface area contributed by atoms with Gasteiger partial charge in [0.15, 0.2) is 0 Å². The zero-order chi connectivity index (χ0) is 19.7. The average molecular weight is 438 g/mol. The zero-order valence-electron chi connectivity index (χ0n) is 15.1. The SMILES string of the molecule is O=S(=O)(Cl)c1ccc2c(c1)Cc1cc(S(=O)(=O)NC3CC4CCC3C4)ccc1-2. The van der Waals surface area contributed by atoms with E-state index in [1.54, 1.807) is 24.3 Å². The second-order valence-corrected chi connectivity index (χ2v) is 12.4. The molecular formula is C20H20ClNO4S2. The van der Waals surface area contributed by atoms with Gasteiger partial charge in [0.25, 0.3) is 9.05 Å². The predicted octanol–water partition coefficient (Wildman–Crippen LogP) is 3.65. The molecule has 3 aliphatic rings. The van der Waals surface area contributed by atoms with E-state index in [2.05, 4.69) is 4.72 Å². The van der Waals surface area contributed by atoms with Crippen LogP contribution in [0.2, 0.25) is 0 Å². The Hall–Kier alpha value is -1.41. The van der Waals surface area contributed by atoms with Gasteiger partial charge in [-0.2, -0.15) is 0 Å². The summed E-state index contributed by atoms with van der Waals surface area (Å²) in [5.74, 6) is 1.13. The van der Waals surface area contributed by atoms with Gasteiger partial charge in [0.2, 0.25) is 10.0 Å². The van der Waals surface area contributed by atoms with E-state index in [4.69, 9.17) is 10.7 Å². The van der Waals surface area contributed by atoms with Crippen molar-refractivity contribution in [1.82, 2.24) is 4.72 Å². The summed E-state index contributed by atoms with van der Waals surface area (Å²) in [7, 11) is -1.92. The van der Waals surface area contributed by atoms with E-state index >= 15 is 0 Å². The van der Waals surface area contributed by atoms with Crippen LogP contribution in [0.5, 0.6) is 0 Å². The molecule has 2 fully saturated rings. The number of nitrogens with one attached hydrogen (secondary N) is 1. The van der Waals surface area contributed by atoms with Crippen LogP contribution in [0.1, 0.15) is 36.8 Å². The number of hydrogen-bond acceptors (Lipinski definition) is 4. The summed E-state index contributed by atoms with van der Waals surface area (Å²) in [6.45, 7) is 0. The molecule has 3 unspecified atom stereocenters. The largest absolute Gasteiger partial charge is 0.261 e. The molecule has 5 nitrogen and oxygen atoms in total. The molecule has 3 aliphatic carbocycles. The maximum absolute atomic E-state index is 12.9. The van der Waals surface area contributed by atoms with E-state index in [1.807, 2.05) is 6.07 Å². The lowest BCUT2D eigenvalue weighted by Crippen LogP contribution is -2.38. The van der Waals surface area contributed by atoms with E-state index in [0.29, 0.717) is 18.3 Å². The predicted molar refractivity (Wildman–Crippen MR) is 107 cm³/mol. The van der Waals surface area contributed by atoms with Crippen molar-refractivity contribution in [3.8, 4) is 11.1 Å². The van der Waals surface area contributed by atoms with Crippen molar-refractivity contribution in [3.05, 3.63) is 47.5 Å². The van der Waals surface area contributed by atoms with E-state index in [1.165, 1.54) is 12.5 Å². The minimum Gasteiger partial charge on any atom is -0.208 e. The molecule has 148 valence electrons. The van der Waals surface area contributed by atoms with Gasteiger partial charge in [-0.1, -0.05) is 18.6 Å². The van der Waals surface area contributed by atoms with Crippen molar-refractivity contribution in [2.45, 2.75) is 47.9 Å². The quantitative estimate of drug-likeness (QED) is 0.631. The van der Waals surface area contributed by atoms with Crippen LogP contribution in [-0.4, -0.2) is 22.9 Å². The molecule has 28 heavy (non-hydrogen) atoms. The highest BCUT2D eigenvalue weighted by Gasteiger charge is 2.41. The normalized spacial score (nSPS) is 25.7. The van der Waals surface area contributed by atoms with Gasteiger partial charge in [0, 0.05) is 16.7 Å². The molecule has 5 rings (SSSR count). The van der Waals surface area contributed by atoms with Crippen molar-refractivity contribution in [2.24, 2.45) is 11.8 Å². The highest BCUT2D eigenvalue weighted by atomic mass is 35.7. The van der Waals surface area contributed by atoms with E-state index in [-0.39, 0.29) is 15.8 Å². The van der Waals surface area contributed by atoms with E-state index in [9.17, 15) is 16.8 Å². The van der Waals surface area contributed by atoms with Gasteiger partial charge < -0.3 is 0 Å². The standard InChI is InChI=1S/C20H20ClNO4S2/c21-27(23,24)16-3-5-18-14(10-16)9-15-11-17(4-6-19(15)18)28(25,26)22-20-8-12-1-2-13(20)7-12/h3-6,10-13,20,22H,1-2,7-9H2. The fourth-order valence-corrected chi connectivity index (χ4v) is 7.31. The van der Waals surface area contributed by atoms with Crippen LogP contribution >= 0.6 is 10.7 Å². The Kier molecular flexibility index (Phi) is 4.18. The molecule has 2 aromatic rings. The fourth-order valence-electron chi connectivity index (χ4n) is 5.14. The van der Waals surface area contributed by atoms with Gasteiger partial charge in [-0.05, 0) is 84.0 Å². The minimum absolute atomic E-state index is 0.0469. The lowest BCUT2D eigenvalue weighted by molar-refractivity contribution is 0.390. The summed E-state index contributed by atoms with van der Waals surface area (Å²) in [6, 6.07) is 9.99. The third-order valence-electron chi connectivity index (χ3n) is 6.46. The molecule has 2 bridgehead atoms. The summed E-state index contributed by atoms with van der Waals surface area (Å²) < 4.78 is 51.9. The number of sulfonamides is 1. The number of rotatable bonds is 4. The average Bonchev–Trinajstić information content (AvgIpc) is 3.32. The Morgan fingerprint density at radius 2 is 1.50 bits per heavy atom. The summed E-state index contributed by atoms with van der Waals surface area (Å²) in [5.41, 5.74) is 3.58. The second kappa shape index (κ2) is 6.29. The molecule has 0 aromatic heterocycles. The van der Waals surface area contributed by atoms with Gasteiger partial charge in [-0.15, -0.1) is 0 Å². The van der Waals surface area contributed by atoms with Crippen LogP contribution in [0.15, 0.2) is 46.2 Å². The Morgan fingerprint density at radius 1 is 0.857 bits per heavy atom. The highest BCUT2D eigenvalue weighted by Crippen LogP contribution is 2.45. The fraction of sp³-hybridized carbons (Fsp3) is 0.400. The van der Waals surface area contributed by atoms with E-state index < -0.39 is 19.1 Å². The van der Waals surface area contributed by atoms with Crippen LogP contribution < -0.4 is 4.72 Å². The third-order valence-corrected chi connectivity index (χ3v) is 9.30. The molecule has 0 spiro atoms. The summed E-state index contributed by atoms with van der Waals surface area (Å²) in [4.78, 5) is 0.332. The lowest BCUT2D eigenvalue weighted by atomic mass is 9.96. The van der Waals surface area contributed by atoms with Crippen molar-refractivity contribution in [1.29, 1.82) is 0 Å². The van der Waals surface area contributed by atoms with Crippen molar-refractivity contribution >= 4 is 29.8 Å². The third kappa shape index (κ3) is 3.09. The first-order chi connectivity index (χ1) is 13.2. The number of halogens is 1. The summed E-state index contributed by atoms with van der Waals surface area (Å²) >= 11 is 0. The first-order valence-electron chi connectivity index (χ1n) is 9.44. The van der Waals surface area contributed by atoms with Gasteiger partial charge in [-0.3, -0.25) is 0 Å². The second-order valence-electron chi connectivity index (χ2n) is 8.16. The summed E-state index contributed by atoms with van der Waals surface area (Å²) in [5, 5.41) is 0. The molecule has 2 aromatic carbocycles. The Balaban J connectivity index is 1.44. The maximum Gasteiger partial charge on any atom is 0.261 e. The monoisotopic (exact) mass is 437 g/mol. The molecule has 0 saturated heterocycles. The first kappa shape index (κ1) is 18.6. The van der Waals surface area contributed by atoms with Gasteiger partial charge >= 0.3 is 0 Å². The topological polar surface area (TPSA) is 80.3 Å². The molecular weight excluding hydrogens is 418 g/mol. The first-order valence-corrected chi connectivity index (χ1v) is 13.2. The zero-order valence-corrected chi connectivity index (χ0v) is 17.4. The van der Waals surface area contributed by atoms with Crippen LogP contribution in [0, 0.1) is 11.8 Å². The van der Waals surface area contributed by atoms with Crippen LogP contribution in [-0.2, 0) is 25.5 Å². The number of hydrogen-bond donors (Lipinski definition) is 1. The Bertz CT molecular complexity index is 1190. The molecule has 0 aliphatic heterocycles. The highest BCUT2D eigenvalue weighted by molar-refractivity contribution is 8.13. The summed E-state index contributed by atoms with van der Waals surface area (Å²) in [6.07, 6.45) is 4.90. The maximum atomic E-state index is 12.9. The van der Waals surface area contributed by atoms with Crippen LogP contribution in [0.4, 0.5) is 0 Å². The molecule has 1 N–H and O–H groups in total. The van der Waals surface area contributed by atoms with Gasteiger partial charge in [-0.25, -0.2) is 21.6 Å². The van der Waals surface area contributed by atoms with E-state index in [0.717, 1.165) is 41.5 Å². The number of fused-ring (bicyclic) bond motifs is 5. The molecule has 2 saturated carbocycles. The van der Waals surface area contributed by atoms with Crippen LogP contribution in [0.25, 0.3) is 11.1 Å². The molecule has 0 radical (unpaired) electrons. The Labute approximate surface area is 169 Å². The number of benzene rings is 2. The minimum atomic E-state index is -3.79. The van der Waals surface area contributed by atoms with Crippen LogP contribution in [0.3, 0.4) is 0 Å². The van der Waals surface area contributed by atoms with Crippen molar-refractivity contribution < 1.29 is 16.8 Å². The van der Waals surface area contributed by atoms with Crippen molar-refractivity contribution in [2.75, 3.05) is 0 Å².